The molecule has 0 aromatic rings. The van der Waals surface area contributed by atoms with E-state index in [4.69, 9.17) is 23.7 Å². The SMILES string of the molecule is CCCCCCCCCCOCC(COCCOCCOCC(CCCCCCOCCCCC)OS(=O)(=O)[O-])OS(=O)(=O)[O-]. The molecular formula is C30H60O13S2-2. The van der Waals surface area contributed by atoms with Crippen LogP contribution in [0.3, 0.4) is 0 Å². The van der Waals surface area contributed by atoms with E-state index in [1.165, 1.54) is 38.5 Å². The minimum absolute atomic E-state index is 0.0660. The maximum absolute atomic E-state index is 11.1. The summed E-state index contributed by atoms with van der Waals surface area (Å²) in [6.07, 6.45) is 14.4. The van der Waals surface area contributed by atoms with E-state index in [-0.39, 0.29) is 46.2 Å². The molecule has 0 fully saturated rings. The van der Waals surface area contributed by atoms with Crippen molar-refractivity contribution >= 4 is 20.8 Å². The van der Waals surface area contributed by atoms with E-state index in [2.05, 4.69) is 22.2 Å². The van der Waals surface area contributed by atoms with Crippen LogP contribution >= 0.6 is 0 Å². The zero-order valence-corrected chi connectivity index (χ0v) is 29.3. The molecule has 0 rings (SSSR count). The van der Waals surface area contributed by atoms with Crippen LogP contribution in [0.1, 0.15) is 117 Å². The maximum Gasteiger partial charge on any atom is 0.218 e. The van der Waals surface area contributed by atoms with Crippen molar-refractivity contribution in [2.24, 2.45) is 0 Å². The van der Waals surface area contributed by atoms with Crippen LogP contribution in [-0.4, -0.2) is 104 Å². The van der Waals surface area contributed by atoms with Crippen molar-refractivity contribution in [3.8, 4) is 0 Å². The van der Waals surface area contributed by atoms with Crippen LogP contribution in [0.4, 0.5) is 0 Å². The summed E-state index contributed by atoms with van der Waals surface area (Å²) in [6, 6.07) is 0. The van der Waals surface area contributed by atoms with Crippen molar-refractivity contribution in [3.05, 3.63) is 0 Å². The van der Waals surface area contributed by atoms with Crippen molar-refractivity contribution < 1.29 is 58.0 Å². The number of unbranched alkanes of at least 4 members (excludes halogenated alkanes) is 12. The number of hydrogen-bond donors (Lipinski definition) is 0. The fourth-order valence-electron chi connectivity index (χ4n) is 4.40. The quantitative estimate of drug-likeness (QED) is 0.0485. The number of rotatable bonds is 36. The molecular weight excluding hydrogens is 632 g/mol. The highest BCUT2D eigenvalue weighted by atomic mass is 32.3. The predicted molar refractivity (Wildman–Crippen MR) is 168 cm³/mol. The van der Waals surface area contributed by atoms with Crippen molar-refractivity contribution in [3.63, 3.8) is 0 Å². The summed E-state index contributed by atoms with van der Waals surface area (Å²) in [6.45, 7) is 6.54. The third-order valence-electron chi connectivity index (χ3n) is 6.76. The lowest BCUT2D eigenvalue weighted by Crippen LogP contribution is -2.29. The van der Waals surface area contributed by atoms with Gasteiger partial charge in [-0.3, -0.25) is 8.37 Å². The molecule has 0 saturated heterocycles. The van der Waals surface area contributed by atoms with Crippen LogP contribution in [0, 0.1) is 0 Å². The first-order chi connectivity index (χ1) is 21.6. The molecule has 13 nitrogen and oxygen atoms in total. The molecule has 0 aliphatic rings. The highest BCUT2D eigenvalue weighted by Gasteiger charge is 2.15. The van der Waals surface area contributed by atoms with Gasteiger partial charge in [-0.1, -0.05) is 90.9 Å². The van der Waals surface area contributed by atoms with Gasteiger partial charge in [-0.15, -0.1) is 0 Å². The Morgan fingerprint density at radius 2 is 0.756 bits per heavy atom. The van der Waals surface area contributed by atoms with Gasteiger partial charge in [0.25, 0.3) is 0 Å². The predicted octanol–water partition coefficient (Wildman–Crippen LogP) is 5.04. The molecule has 0 N–H and O–H groups in total. The van der Waals surface area contributed by atoms with E-state index in [0.717, 1.165) is 58.0 Å². The van der Waals surface area contributed by atoms with E-state index in [0.29, 0.717) is 26.1 Å². The van der Waals surface area contributed by atoms with E-state index in [9.17, 15) is 25.9 Å². The fraction of sp³-hybridized carbons (Fsp3) is 1.00. The summed E-state index contributed by atoms with van der Waals surface area (Å²) in [5.41, 5.74) is 0. The zero-order chi connectivity index (χ0) is 33.5. The van der Waals surface area contributed by atoms with E-state index in [1.807, 2.05) is 0 Å². The van der Waals surface area contributed by atoms with Gasteiger partial charge in [-0.2, -0.15) is 0 Å². The molecule has 45 heavy (non-hydrogen) atoms. The lowest BCUT2D eigenvalue weighted by Gasteiger charge is -2.20. The average molecular weight is 693 g/mol. The van der Waals surface area contributed by atoms with Crippen LogP contribution in [0.25, 0.3) is 0 Å². The lowest BCUT2D eigenvalue weighted by atomic mass is 10.1. The van der Waals surface area contributed by atoms with Gasteiger partial charge in [0.15, 0.2) is 0 Å². The Balaban J connectivity index is 4.00. The fourth-order valence-corrected chi connectivity index (χ4v) is 5.33. The van der Waals surface area contributed by atoms with Crippen molar-refractivity contribution in [1.82, 2.24) is 0 Å². The third kappa shape index (κ3) is 36.2. The summed E-state index contributed by atoms with van der Waals surface area (Å²) >= 11 is 0. The molecule has 0 aromatic carbocycles. The maximum atomic E-state index is 11.1. The molecule has 0 aliphatic heterocycles. The minimum atomic E-state index is -4.91. The van der Waals surface area contributed by atoms with Gasteiger partial charge in [-0.05, 0) is 25.7 Å². The molecule has 0 radical (unpaired) electrons. The van der Waals surface area contributed by atoms with Crippen LogP contribution < -0.4 is 0 Å². The Hall–Kier alpha value is -0.460. The van der Waals surface area contributed by atoms with Crippen molar-refractivity contribution in [2.75, 3.05) is 66.1 Å². The van der Waals surface area contributed by atoms with Crippen molar-refractivity contribution in [2.45, 2.75) is 129 Å². The highest BCUT2D eigenvalue weighted by Crippen LogP contribution is 2.12. The van der Waals surface area contributed by atoms with E-state index in [1.54, 1.807) is 0 Å². The normalized spacial score (nSPS) is 13.8. The van der Waals surface area contributed by atoms with Crippen LogP contribution in [0.15, 0.2) is 0 Å². The van der Waals surface area contributed by atoms with Gasteiger partial charge in [-0.25, -0.2) is 16.8 Å². The smallest absolute Gasteiger partial charge is 0.218 e. The molecule has 0 saturated carbocycles. The van der Waals surface area contributed by atoms with Crippen LogP contribution in [0.5, 0.6) is 0 Å². The van der Waals surface area contributed by atoms with Gasteiger partial charge in [0.2, 0.25) is 20.8 Å². The molecule has 0 aromatic heterocycles. The Morgan fingerprint density at radius 3 is 1.29 bits per heavy atom. The third-order valence-corrected chi connectivity index (χ3v) is 7.78. The zero-order valence-electron chi connectivity index (χ0n) is 27.7. The van der Waals surface area contributed by atoms with Gasteiger partial charge in [0, 0.05) is 19.8 Å². The first-order valence-corrected chi connectivity index (χ1v) is 19.4. The van der Waals surface area contributed by atoms with Crippen LogP contribution in [-0.2, 0) is 52.8 Å². The summed E-state index contributed by atoms with van der Waals surface area (Å²) in [5, 5.41) is 0. The Kier molecular flexibility index (Phi) is 30.5. The Labute approximate surface area is 273 Å². The molecule has 272 valence electrons. The molecule has 0 amide bonds. The molecule has 0 heterocycles. The second-order valence-electron chi connectivity index (χ2n) is 11.1. The second kappa shape index (κ2) is 30.8. The molecule has 2 atom stereocenters. The van der Waals surface area contributed by atoms with E-state index < -0.39 is 33.0 Å². The molecule has 2 unspecified atom stereocenters. The first kappa shape index (κ1) is 44.5. The van der Waals surface area contributed by atoms with Crippen molar-refractivity contribution in [1.29, 1.82) is 0 Å². The van der Waals surface area contributed by atoms with Gasteiger partial charge in [0.05, 0.1) is 52.4 Å². The van der Waals surface area contributed by atoms with Gasteiger partial charge >= 0.3 is 0 Å². The molecule has 0 aliphatic carbocycles. The van der Waals surface area contributed by atoms with Gasteiger partial charge < -0.3 is 32.8 Å². The summed E-state index contributed by atoms with van der Waals surface area (Å²) in [7, 11) is -9.76. The minimum Gasteiger partial charge on any atom is -0.726 e. The number of hydrogen-bond acceptors (Lipinski definition) is 13. The van der Waals surface area contributed by atoms with E-state index >= 15 is 0 Å². The topological polar surface area (TPSA) is 179 Å². The Morgan fingerprint density at radius 1 is 0.422 bits per heavy atom. The monoisotopic (exact) mass is 692 g/mol. The summed E-state index contributed by atoms with van der Waals surface area (Å²) in [5.74, 6) is 0. The Bertz CT molecular complexity index is 773. The van der Waals surface area contributed by atoms with Gasteiger partial charge in [0.1, 0.15) is 6.10 Å². The highest BCUT2D eigenvalue weighted by molar-refractivity contribution is 7.81. The molecule has 0 spiro atoms. The summed E-state index contributed by atoms with van der Waals surface area (Å²) in [4.78, 5) is 0. The standard InChI is InChI=1S/C30H62O13S2/c1-3-5-7-8-9-10-12-17-21-39-27-30(43-45(34,35)36)28-41-25-23-38-22-24-40-26-29(42-44(31,32)33)18-14-11-13-16-20-37-19-15-6-4-2/h29-30H,3-28H2,1-2H3,(H,31,32,33)(H,34,35,36)/p-2. The summed E-state index contributed by atoms with van der Waals surface area (Å²) < 4.78 is 103. The lowest BCUT2D eigenvalue weighted by molar-refractivity contribution is -0.0334. The first-order valence-electron chi connectivity index (χ1n) is 16.7. The second-order valence-corrected chi connectivity index (χ2v) is 13.1. The average Bonchev–Trinajstić information content (AvgIpc) is 2.96. The number of ether oxygens (including phenoxy) is 5. The molecule has 0 bridgehead atoms. The molecule has 15 heteroatoms. The van der Waals surface area contributed by atoms with Crippen LogP contribution in [0.2, 0.25) is 0 Å². The largest absolute Gasteiger partial charge is 0.726 e.